The summed E-state index contributed by atoms with van der Waals surface area (Å²) in [6.45, 7) is 2.17. The van der Waals surface area contributed by atoms with Crippen LogP contribution in [0.4, 0.5) is 5.69 Å². The molecule has 1 unspecified atom stereocenters. The normalized spacial score (nSPS) is 18.7. The van der Waals surface area contributed by atoms with E-state index < -0.39 is 5.92 Å². The van der Waals surface area contributed by atoms with Crippen molar-refractivity contribution >= 4 is 34.5 Å². The first-order valence-electron chi connectivity index (χ1n) is 8.27. The highest BCUT2D eigenvalue weighted by Crippen LogP contribution is 2.27. The minimum absolute atomic E-state index is 0.0477. The molecule has 2 aromatic rings. The number of β-amino-alcohol motifs (C(OH)–C–C–N with tert-alkyl or cyclic N) is 1. The first-order chi connectivity index (χ1) is 12.6. The molecule has 1 atom stereocenters. The van der Waals surface area contributed by atoms with Gasteiger partial charge in [0, 0.05) is 18.0 Å². The van der Waals surface area contributed by atoms with Crippen molar-refractivity contribution in [3.8, 4) is 0 Å². The lowest BCUT2D eigenvalue weighted by atomic mass is 9.88. The molecule has 0 aliphatic carbocycles. The Labute approximate surface area is 156 Å². The number of halogens is 1. The van der Waals surface area contributed by atoms with E-state index in [4.69, 9.17) is 11.6 Å². The predicted molar refractivity (Wildman–Crippen MR) is 102 cm³/mol. The van der Waals surface area contributed by atoms with Gasteiger partial charge in [0.05, 0.1) is 41.8 Å². The number of pyridine rings is 1. The van der Waals surface area contributed by atoms with Gasteiger partial charge in [0.25, 0.3) is 0 Å². The minimum Gasteiger partial charge on any atom is -0.394 e. The maximum atomic E-state index is 12.4. The van der Waals surface area contributed by atoms with Gasteiger partial charge in [0.2, 0.25) is 0 Å². The number of aliphatic imine (C=N–C) groups is 1. The summed E-state index contributed by atoms with van der Waals surface area (Å²) in [6.07, 6.45) is 3.34. The summed E-state index contributed by atoms with van der Waals surface area (Å²) in [7, 11) is 0. The molecule has 7 heteroatoms. The van der Waals surface area contributed by atoms with E-state index in [2.05, 4.69) is 15.1 Å². The second kappa shape index (κ2) is 8.21. The van der Waals surface area contributed by atoms with Crippen molar-refractivity contribution in [1.82, 2.24) is 9.99 Å². The molecule has 0 saturated carbocycles. The number of aromatic nitrogens is 1. The van der Waals surface area contributed by atoms with Crippen molar-refractivity contribution in [1.29, 1.82) is 0 Å². The zero-order valence-corrected chi connectivity index (χ0v) is 15.1. The standard InChI is InChI=1S/C19H19ClN4O2/c1-13(26)18-17(22-16-7-3-2-6-15(16)20)12-24(9-10-25)23-19(18)14-5-4-8-21-11-14/h2-8,11,18,25H,9-10,12H2,1H3. The van der Waals surface area contributed by atoms with Crippen LogP contribution in [-0.4, -0.2) is 52.0 Å². The number of aliphatic hydroxyl groups is 1. The van der Waals surface area contributed by atoms with Crippen LogP contribution < -0.4 is 0 Å². The van der Waals surface area contributed by atoms with Gasteiger partial charge in [-0.05, 0) is 31.2 Å². The maximum absolute atomic E-state index is 12.4. The monoisotopic (exact) mass is 370 g/mol. The van der Waals surface area contributed by atoms with Crippen LogP contribution in [0.3, 0.4) is 0 Å². The van der Waals surface area contributed by atoms with Crippen LogP contribution in [0, 0.1) is 5.92 Å². The molecule has 134 valence electrons. The molecule has 0 bridgehead atoms. The van der Waals surface area contributed by atoms with Gasteiger partial charge in [-0.15, -0.1) is 0 Å². The van der Waals surface area contributed by atoms with Gasteiger partial charge < -0.3 is 5.11 Å². The van der Waals surface area contributed by atoms with E-state index >= 15 is 0 Å². The molecule has 26 heavy (non-hydrogen) atoms. The molecule has 1 N–H and O–H groups in total. The quantitative estimate of drug-likeness (QED) is 0.877. The summed E-state index contributed by atoms with van der Waals surface area (Å²) in [5, 5.41) is 16.1. The fourth-order valence-electron chi connectivity index (χ4n) is 2.89. The Morgan fingerprint density at radius 1 is 1.35 bits per heavy atom. The number of hydrogen-bond acceptors (Lipinski definition) is 6. The number of hydrazone groups is 1. The van der Waals surface area contributed by atoms with Gasteiger partial charge in [-0.2, -0.15) is 5.10 Å². The molecular weight excluding hydrogens is 352 g/mol. The van der Waals surface area contributed by atoms with Crippen molar-refractivity contribution in [3.05, 3.63) is 59.4 Å². The van der Waals surface area contributed by atoms with Crippen molar-refractivity contribution in [3.63, 3.8) is 0 Å². The lowest BCUT2D eigenvalue weighted by Crippen LogP contribution is -2.44. The van der Waals surface area contributed by atoms with E-state index in [-0.39, 0.29) is 12.4 Å². The van der Waals surface area contributed by atoms with E-state index in [1.54, 1.807) is 35.6 Å². The zero-order chi connectivity index (χ0) is 18.5. The average molecular weight is 371 g/mol. The third-order valence-electron chi connectivity index (χ3n) is 4.04. The summed E-state index contributed by atoms with van der Waals surface area (Å²) in [5.41, 5.74) is 2.58. The van der Waals surface area contributed by atoms with Gasteiger partial charge >= 0.3 is 0 Å². The molecular formula is C19H19ClN4O2. The first kappa shape index (κ1) is 18.2. The topological polar surface area (TPSA) is 78.2 Å². The Kier molecular flexibility index (Phi) is 5.75. The van der Waals surface area contributed by atoms with Gasteiger partial charge in [-0.1, -0.05) is 23.7 Å². The highest BCUT2D eigenvalue weighted by molar-refractivity contribution is 6.33. The number of hydrogen-bond donors (Lipinski definition) is 1. The molecule has 1 aliphatic heterocycles. The summed E-state index contributed by atoms with van der Waals surface area (Å²) >= 11 is 6.24. The van der Waals surface area contributed by atoms with Crippen molar-refractivity contribution in [2.24, 2.45) is 16.0 Å². The van der Waals surface area contributed by atoms with Crippen molar-refractivity contribution in [2.45, 2.75) is 6.92 Å². The van der Waals surface area contributed by atoms with Crippen LogP contribution in [-0.2, 0) is 4.79 Å². The zero-order valence-electron chi connectivity index (χ0n) is 14.3. The van der Waals surface area contributed by atoms with Crippen LogP contribution in [0.15, 0.2) is 58.9 Å². The van der Waals surface area contributed by atoms with Crippen molar-refractivity contribution < 1.29 is 9.90 Å². The fourth-order valence-corrected chi connectivity index (χ4v) is 3.07. The molecule has 1 aromatic carbocycles. The van der Waals surface area contributed by atoms with Crippen LogP contribution in [0.2, 0.25) is 5.02 Å². The Bertz CT molecular complexity index is 852. The molecule has 6 nitrogen and oxygen atoms in total. The molecule has 2 heterocycles. The summed E-state index contributed by atoms with van der Waals surface area (Å²) < 4.78 is 0. The molecule has 0 spiro atoms. The van der Waals surface area contributed by atoms with Gasteiger partial charge in [-0.25, -0.2) is 0 Å². The summed E-state index contributed by atoms with van der Waals surface area (Å²) in [5.74, 6) is -0.632. The van der Waals surface area contributed by atoms with E-state index in [0.717, 1.165) is 5.56 Å². The Morgan fingerprint density at radius 3 is 2.81 bits per heavy atom. The maximum Gasteiger partial charge on any atom is 0.144 e. The minimum atomic E-state index is -0.578. The molecule has 3 rings (SSSR count). The predicted octanol–water partition coefficient (Wildman–Crippen LogP) is 2.72. The number of para-hydroxylation sites is 1. The molecule has 1 aromatic heterocycles. The second-order valence-electron chi connectivity index (χ2n) is 5.94. The summed E-state index contributed by atoms with van der Waals surface area (Å²) in [6, 6.07) is 10.9. The second-order valence-corrected chi connectivity index (χ2v) is 6.34. The Morgan fingerprint density at radius 2 is 2.15 bits per heavy atom. The fraction of sp³-hybridized carbons (Fsp3) is 0.263. The van der Waals surface area contributed by atoms with Gasteiger partial charge in [0.1, 0.15) is 11.7 Å². The van der Waals surface area contributed by atoms with Crippen LogP contribution in [0.25, 0.3) is 0 Å². The lowest BCUT2D eigenvalue weighted by molar-refractivity contribution is -0.117. The van der Waals surface area contributed by atoms with E-state index in [0.29, 0.717) is 35.2 Å². The average Bonchev–Trinajstić information content (AvgIpc) is 2.64. The van der Waals surface area contributed by atoms with Crippen LogP contribution >= 0.6 is 11.6 Å². The van der Waals surface area contributed by atoms with Gasteiger partial charge in [-0.3, -0.25) is 19.8 Å². The number of aliphatic hydroxyl groups excluding tert-OH is 1. The number of Topliss-reactive ketones (excluding diaryl/α,β-unsaturated/α-hetero) is 1. The van der Waals surface area contributed by atoms with E-state index in [9.17, 15) is 9.90 Å². The summed E-state index contributed by atoms with van der Waals surface area (Å²) in [4.78, 5) is 21.2. The van der Waals surface area contributed by atoms with Crippen LogP contribution in [0.1, 0.15) is 12.5 Å². The number of ketones is 1. The number of nitrogens with zero attached hydrogens (tertiary/aromatic N) is 4. The van der Waals surface area contributed by atoms with E-state index in [1.165, 1.54) is 6.92 Å². The third-order valence-corrected chi connectivity index (χ3v) is 4.36. The Balaban J connectivity index is 2.11. The molecule has 0 amide bonds. The molecule has 0 saturated heterocycles. The molecule has 0 fully saturated rings. The molecule has 1 aliphatic rings. The lowest BCUT2D eigenvalue weighted by Gasteiger charge is -2.31. The highest BCUT2D eigenvalue weighted by Gasteiger charge is 2.33. The van der Waals surface area contributed by atoms with Crippen molar-refractivity contribution in [2.75, 3.05) is 19.7 Å². The SMILES string of the molecule is CC(=O)C1C(=Nc2ccccc2Cl)CN(CCO)N=C1c1cccnc1. The largest absolute Gasteiger partial charge is 0.394 e. The van der Waals surface area contributed by atoms with Gasteiger partial charge in [0.15, 0.2) is 0 Å². The smallest absolute Gasteiger partial charge is 0.144 e. The molecule has 0 radical (unpaired) electrons. The number of benzene rings is 1. The van der Waals surface area contributed by atoms with Crippen LogP contribution in [0.5, 0.6) is 0 Å². The highest BCUT2D eigenvalue weighted by atomic mass is 35.5. The third kappa shape index (κ3) is 3.98. The number of carbonyl (C=O) groups is 1. The Hall–Kier alpha value is -2.57. The first-order valence-corrected chi connectivity index (χ1v) is 8.65. The number of carbonyl (C=O) groups excluding carboxylic acids is 1. The number of rotatable bonds is 5. The van der Waals surface area contributed by atoms with E-state index in [1.807, 2.05) is 18.2 Å².